The maximum Gasteiger partial charge on any atom is 0.280 e. The molecular weight excluding hydrogens is 378 g/mol. The van der Waals surface area contributed by atoms with E-state index in [0.717, 1.165) is 0 Å². The van der Waals surface area contributed by atoms with Crippen molar-refractivity contribution in [2.24, 2.45) is 0 Å². The van der Waals surface area contributed by atoms with Crippen molar-refractivity contribution in [2.75, 3.05) is 12.3 Å². The standard InChI is InChI=1S/C15H21N5O8/c1-4(27-14-11(25)10(24)9(23)6(3-21)28-14)8(22)5-2-17-12-7(18-5)13(26)20-15(16)19-12/h2,4,6,8-11,14,21-25H,3H2,1H3,(H3,16,17,19,20,26)/t4-,6+,8+,9+,10-,11-,14-/m0/s1. The predicted molar refractivity (Wildman–Crippen MR) is 91.6 cm³/mol. The first-order chi connectivity index (χ1) is 13.2. The number of ether oxygens (including phenoxy) is 2. The van der Waals surface area contributed by atoms with Gasteiger partial charge in [-0.05, 0) is 6.92 Å². The Kier molecular flexibility index (Phi) is 5.85. The zero-order valence-electron chi connectivity index (χ0n) is 14.7. The third-order valence-electron chi connectivity index (χ3n) is 4.40. The number of aromatic nitrogens is 4. The topological polar surface area (TPSA) is 217 Å². The van der Waals surface area contributed by atoms with Crippen LogP contribution in [-0.4, -0.2) is 88.9 Å². The van der Waals surface area contributed by atoms with Gasteiger partial charge in [-0.25, -0.2) is 9.97 Å². The average Bonchev–Trinajstić information content (AvgIpc) is 2.67. The number of aromatic amines is 1. The number of hydrogen-bond acceptors (Lipinski definition) is 12. The largest absolute Gasteiger partial charge is 0.394 e. The Labute approximate surface area is 157 Å². The summed E-state index contributed by atoms with van der Waals surface area (Å²) in [7, 11) is 0. The zero-order valence-corrected chi connectivity index (χ0v) is 14.7. The number of nitrogens with zero attached hydrogens (tertiary/aromatic N) is 3. The lowest BCUT2D eigenvalue weighted by Crippen LogP contribution is -2.59. The van der Waals surface area contributed by atoms with Crippen molar-refractivity contribution in [3.8, 4) is 0 Å². The van der Waals surface area contributed by atoms with Crippen LogP contribution in [0.25, 0.3) is 11.2 Å². The van der Waals surface area contributed by atoms with Gasteiger partial charge in [0.05, 0.1) is 24.6 Å². The second kappa shape index (κ2) is 8.00. The molecule has 0 radical (unpaired) electrons. The molecule has 13 nitrogen and oxygen atoms in total. The molecule has 2 aromatic heterocycles. The molecule has 0 aromatic carbocycles. The number of nitrogen functional groups attached to an aromatic ring is 1. The van der Waals surface area contributed by atoms with Crippen LogP contribution >= 0.6 is 0 Å². The lowest BCUT2D eigenvalue weighted by molar-refractivity contribution is -0.315. The number of fused-ring (bicyclic) bond motifs is 1. The molecule has 0 aliphatic carbocycles. The lowest BCUT2D eigenvalue weighted by atomic mass is 9.99. The fourth-order valence-corrected chi connectivity index (χ4v) is 2.80. The van der Waals surface area contributed by atoms with Gasteiger partial charge in [-0.1, -0.05) is 0 Å². The van der Waals surface area contributed by atoms with Crippen molar-refractivity contribution < 1.29 is 35.0 Å². The third kappa shape index (κ3) is 3.81. The summed E-state index contributed by atoms with van der Waals surface area (Å²) in [6.07, 6.45) is -8.58. The maximum absolute atomic E-state index is 11.9. The Morgan fingerprint density at radius 1 is 1.29 bits per heavy atom. The summed E-state index contributed by atoms with van der Waals surface area (Å²) < 4.78 is 10.7. The van der Waals surface area contributed by atoms with Crippen LogP contribution in [0.5, 0.6) is 0 Å². The monoisotopic (exact) mass is 399 g/mol. The Bertz CT molecular complexity index is 892. The van der Waals surface area contributed by atoms with E-state index >= 15 is 0 Å². The molecule has 8 N–H and O–H groups in total. The molecule has 0 bridgehead atoms. The number of H-pyrrole nitrogens is 1. The predicted octanol–water partition coefficient (Wildman–Crippen LogP) is -3.47. The Balaban J connectivity index is 1.78. The van der Waals surface area contributed by atoms with E-state index in [1.165, 1.54) is 13.1 Å². The van der Waals surface area contributed by atoms with Gasteiger partial charge >= 0.3 is 0 Å². The molecule has 1 aliphatic heterocycles. The van der Waals surface area contributed by atoms with Gasteiger partial charge < -0.3 is 40.7 Å². The van der Waals surface area contributed by atoms with Gasteiger partial charge in [0, 0.05) is 0 Å². The summed E-state index contributed by atoms with van der Waals surface area (Å²) in [4.78, 5) is 26.0. The molecule has 3 rings (SSSR count). The van der Waals surface area contributed by atoms with Crippen LogP contribution < -0.4 is 11.3 Å². The van der Waals surface area contributed by atoms with E-state index < -0.39 is 55.1 Å². The van der Waals surface area contributed by atoms with E-state index in [0.29, 0.717) is 0 Å². The molecule has 28 heavy (non-hydrogen) atoms. The molecule has 0 unspecified atom stereocenters. The molecule has 0 spiro atoms. The highest BCUT2D eigenvalue weighted by Crippen LogP contribution is 2.26. The molecule has 0 amide bonds. The molecule has 2 aromatic rings. The SMILES string of the molecule is C[C@H](O[C@H]1O[C@H](CO)[C@@H](O)[C@H](O)[C@@H]1O)[C@@H](O)c1cnc2nc(N)[nH]c(=O)c2n1. The lowest BCUT2D eigenvalue weighted by Gasteiger charge is -2.40. The van der Waals surface area contributed by atoms with Gasteiger partial charge in [-0.15, -0.1) is 0 Å². The first-order valence-electron chi connectivity index (χ1n) is 8.39. The Morgan fingerprint density at radius 2 is 2.00 bits per heavy atom. The van der Waals surface area contributed by atoms with Crippen molar-refractivity contribution in [1.29, 1.82) is 0 Å². The maximum atomic E-state index is 11.9. The number of nitrogens with two attached hydrogens (primary N) is 1. The van der Waals surface area contributed by atoms with E-state index in [-0.39, 0.29) is 22.8 Å². The van der Waals surface area contributed by atoms with E-state index in [1.54, 1.807) is 0 Å². The molecular formula is C15H21N5O8. The summed E-state index contributed by atoms with van der Waals surface area (Å²) in [6.45, 7) is 0.820. The van der Waals surface area contributed by atoms with Crippen LogP contribution in [-0.2, 0) is 9.47 Å². The fourth-order valence-electron chi connectivity index (χ4n) is 2.80. The summed E-state index contributed by atoms with van der Waals surface area (Å²) in [5.41, 5.74) is 4.66. The number of anilines is 1. The van der Waals surface area contributed by atoms with Crippen LogP contribution in [0.2, 0.25) is 0 Å². The number of hydrogen-bond donors (Lipinski definition) is 7. The van der Waals surface area contributed by atoms with Crippen LogP contribution in [0.3, 0.4) is 0 Å². The number of aliphatic hydroxyl groups is 5. The van der Waals surface area contributed by atoms with Crippen molar-refractivity contribution in [3.63, 3.8) is 0 Å². The van der Waals surface area contributed by atoms with Crippen molar-refractivity contribution in [3.05, 3.63) is 22.2 Å². The zero-order chi connectivity index (χ0) is 20.6. The minimum Gasteiger partial charge on any atom is -0.394 e. The highest BCUT2D eigenvalue weighted by atomic mass is 16.7. The summed E-state index contributed by atoms with van der Waals surface area (Å²) in [5.74, 6) is -0.126. The summed E-state index contributed by atoms with van der Waals surface area (Å²) >= 11 is 0. The second-order valence-electron chi connectivity index (χ2n) is 6.40. The van der Waals surface area contributed by atoms with Gasteiger partial charge in [0.1, 0.15) is 30.5 Å². The van der Waals surface area contributed by atoms with Crippen molar-refractivity contribution in [2.45, 2.75) is 49.8 Å². The summed E-state index contributed by atoms with van der Waals surface area (Å²) in [5, 5.41) is 49.3. The minimum absolute atomic E-state index is 0.000273. The van der Waals surface area contributed by atoms with Crippen molar-refractivity contribution >= 4 is 17.1 Å². The number of aliphatic hydroxyl groups excluding tert-OH is 5. The van der Waals surface area contributed by atoms with E-state index in [2.05, 4.69) is 19.9 Å². The first-order valence-corrected chi connectivity index (χ1v) is 8.39. The normalized spacial score (nSPS) is 30.3. The van der Waals surface area contributed by atoms with Crippen LogP contribution in [0.4, 0.5) is 5.95 Å². The molecule has 0 saturated carbocycles. The molecule has 13 heteroatoms. The fraction of sp³-hybridized carbons (Fsp3) is 0.600. The van der Waals surface area contributed by atoms with E-state index in [4.69, 9.17) is 15.2 Å². The Morgan fingerprint density at radius 3 is 2.68 bits per heavy atom. The molecule has 1 fully saturated rings. The smallest absolute Gasteiger partial charge is 0.280 e. The van der Waals surface area contributed by atoms with Gasteiger partial charge in [0.2, 0.25) is 5.95 Å². The molecule has 1 saturated heterocycles. The molecule has 3 heterocycles. The van der Waals surface area contributed by atoms with Crippen LogP contribution in [0.1, 0.15) is 18.7 Å². The van der Waals surface area contributed by atoms with Crippen molar-refractivity contribution in [1.82, 2.24) is 19.9 Å². The third-order valence-corrected chi connectivity index (χ3v) is 4.40. The number of nitrogens with one attached hydrogen (secondary N) is 1. The number of rotatable bonds is 5. The van der Waals surface area contributed by atoms with E-state index in [1.807, 2.05) is 0 Å². The minimum atomic E-state index is -1.62. The van der Waals surface area contributed by atoms with Gasteiger partial charge in [0.25, 0.3) is 5.56 Å². The highest BCUT2D eigenvalue weighted by Gasteiger charge is 2.45. The quantitative estimate of drug-likeness (QED) is 0.261. The van der Waals surface area contributed by atoms with Gasteiger partial charge in [-0.2, -0.15) is 4.98 Å². The first kappa shape index (κ1) is 20.5. The average molecular weight is 399 g/mol. The van der Waals surface area contributed by atoms with Gasteiger partial charge in [-0.3, -0.25) is 9.78 Å². The van der Waals surface area contributed by atoms with E-state index in [9.17, 15) is 30.3 Å². The van der Waals surface area contributed by atoms with Crippen LogP contribution in [0, 0.1) is 0 Å². The highest BCUT2D eigenvalue weighted by molar-refractivity contribution is 5.69. The molecule has 154 valence electrons. The van der Waals surface area contributed by atoms with Crippen LogP contribution in [0.15, 0.2) is 11.0 Å². The molecule has 7 atom stereocenters. The Hall–Kier alpha value is -2.26. The van der Waals surface area contributed by atoms with Gasteiger partial charge in [0.15, 0.2) is 17.5 Å². The summed E-state index contributed by atoms with van der Waals surface area (Å²) in [6, 6.07) is 0. The molecule has 1 aliphatic rings. The second-order valence-corrected chi connectivity index (χ2v) is 6.40.